The maximum Gasteiger partial charge on any atom is 0.130 e. The molecular formula is C16H23F2N. The molecule has 0 unspecified atom stereocenters. The molecule has 0 bridgehead atoms. The number of rotatable bonds is 4. The minimum atomic E-state index is -0.428. The molecule has 0 radical (unpaired) electrons. The predicted octanol–water partition coefficient (Wildman–Crippen LogP) is 4.37. The van der Waals surface area contributed by atoms with E-state index in [1.54, 1.807) is 0 Å². The first-order chi connectivity index (χ1) is 9.10. The third-order valence-electron chi connectivity index (χ3n) is 4.86. The highest BCUT2D eigenvalue weighted by molar-refractivity contribution is 5.19. The Morgan fingerprint density at radius 1 is 1.05 bits per heavy atom. The van der Waals surface area contributed by atoms with Gasteiger partial charge in [-0.15, -0.1) is 0 Å². The fraction of sp³-hybridized carbons (Fsp3) is 0.625. The van der Waals surface area contributed by atoms with Crippen molar-refractivity contribution in [3.05, 3.63) is 35.4 Å². The maximum absolute atomic E-state index is 13.6. The van der Waals surface area contributed by atoms with E-state index >= 15 is 0 Å². The second-order valence-corrected chi connectivity index (χ2v) is 5.68. The van der Waals surface area contributed by atoms with E-state index in [1.807, 2.05) is 0 Å². The van der Waals surface area contributed by atoms with E-state index in [2.05, 4.69) is 18.7 Å². The molecule has 1 saturated heterocycles. The van der Waals surface area contributed by atoms with Crippen molar-refractivity contribution in [2.75, 3.05) is 13.1 Å². The zero-order valence-electron chi connectivity index (χ0n) is 11.9. The molecule has 0 aliphatic carbocycles. The number of likely N-dealkylation sites (tertiary alicyclic amines) is 1. The van der Waals surface area contributed by atoms with Gasteiger partial charge >= 0.3 is 0 Å². The Kier molecular flexibility index (Phi) is 4.56. The summed E-state index contributed by atoms with van der Waals surface area (Å²) in [5.41, 5.74) is 0.660. The summed E-state index contributed by atoms with van der Waals surface area (Å²) in [5.74, 6) is -0.856. The van der Waals surface area contributed by atoms with Crippen LogP contribution in [0.1, 0.15) is 45.1 Å². The average Bonchev–Trinajstić information content (AvgIpc) is 2.44. The smallest absolute Gasteiger partial charge is 0.130 e. The van der Waals surface area contributed by atoms with Gasteiger partial charge in [0.05, 0.1) is 0 Å². The van der Waals surface area contributed by atoms with Crippen molar-refractivity contribution in [1.82, 2.24) is 4.90 Å². The van der Waals surface area contributed by atoms with E-state index in [0.29, 0.717) is 12.0 Å². The van der Waals surface area contributed by atoms with Crippen molar-refractivity contribution < 1.29 is 8.78 Å². The van der Waals surface area contributed by atoms with Gasteiger partial charge in [0.25, 0.3) is 0 Å². The van der Waals surface area contributed by atoms with Crippen LogP contribution in [0.3, 0.4) is 0 Å². The summed E-state index contributed by atoms with van der Waals surface area (Å²) in [4.78, 5) is 2.17. The van der Waals surface area contributed by atoms with Crippen molar-refractivity contribution in [2.24, 2.45) is 5.41 Å². The number of nitrogens with zero attached hydrogens (tertiary/aromatic N) is 1. The van der Waals surface area contributed by atoms with E-state index in [0.717, 1.165) is 25.9 Å². The molecule has 1 aliphatic heterocycles. The van der Waals surface area contributed by atoms with E-state index in [9.17, 15) is 8.78 Å². The number of hydrogen-bond donors (Lipinski definition) is 0. The first-order valence-corrected chi connectivity index (χ1v) is 7.25. The lowest BCUT2D eigenvalue weighted by atomic mass is 9.74. The Hall–Kier alpha value is -0.960. The fourth-order valence-corrected chi connectivity index (χ4v) is 3.05. The molecule has 0 amide bonds. The number of piperidine rings is 1. The van der Waals surface area contributed by atoms with Crippen LogP contribution in [0.25, 0.3) is 0 Å². The number of halogens is 2. The third kappa shape index (κ3) is 3.14. The van der Waals surface area contributed by atoms with Gasteiger partial charge in [-0.05, 0) is 43.5 Å². The number of benzene rings is 1. The van der Waals surface area contributed by atoms with Crippen molar-refractivity contribution >= 4 is 0 Å². The molecule has 1 heterocycles. The molecule has 1 nitrogen and oxygen atoms in total. The third-order valence-corrected chi connectivity index (χ3v) is 4.86. The zero-order chi connectivity index (χ0) is 13.9. The summed E-state index contributed by atoms with van der Waals surface area (Å²) in [5, 5.41) is 0. The minimum Gasteiger partial charge on any atom is -0.299 e. The summed E-state index contributed by atoms with van der Waals surface area (Å²) in [6.07, 6.45) is 4.67. The molecule has 2 rings (SSSR count). The van der Waals surface area contributed by atoms with E-state index in [-0.39, 0.29) is 5.56 Å². The molecule has 0 saturated carbocycles. The van der Waals surface area contributed by atoms with E-state index in [1.165, 1.54) is 31.0 Å². The molecule has 1 aromatic rings. The molecule has 0 spiro atoms. The van der Waals surface area contributed by atoms with Gasteiger partial charge in [-0.25, -0.2) is 8.78 Å². The summed E-state index contributed by atoms with van der Waals surface area (Å²) >= 11 is 0. The quantitative estimate of drug-likeness (QED) is 0.783. The Balaban J connectivity index is 2.00. The van der Waals surface area contributed by atoms with Gasteiger partial charge in [-0.2, -0.15) is 0 Å². The Morgan fingerprint density at radius 3 is 2.05 bits per heavy atom. The Bertz CT molecular complexity index is 397. The summed E-state index contributed by atoms with van der Waals surface area (Å²) in [6.45, 7) is 6.76. The van der Waals surface area contributed by atoms with Crippen LogP contribution in [0.15, 0.2) is 18.2 Å². The van der Waals surface area contributed by atoms with Gasteiger partial charge in [0.2, 0.25) is 0 Å². The van der Waals surface area contributed by atoms with Crippen LogP contribution in [0, 0.1) is 17.0 Å². The van der Waals surface area contributed by atoms with Crippen LogP contribution in [-0.4, -0.2) is 18.0 Å². The molecule has 0 aromatic heterocycles. The van der Waals surface area contributed by atoms with Gasteiger partial charge in [0.1, 0.15) is 11.6 Å². The topological polar surface area (TPSA) is 3.24 Å². The molecule has 0 atom stereocenters. The van der Waals surface area contributed by atoms with Gasteiger partial charge < -0.3 is 0 Å². The van der Waals surface area contributed by atoms with Crippen molar-refractivity contribution in [1.29, 1.82) is 0 Å². The monoisotopic (exact) mass is 267 g/mol. The van der Waals surface area contributed by atoms with Crippen molar-refractivity contribution in [3.8, 4) is 0 Å². The van der Waals surface area contributed by atoms with Crippen molar-refractivity contribution in [2.45, 2.75) is 46.1 Å². The van der Waals surface area contributed by atoms with E-state index < -0.39 is 11.6 Å². The number of hydrogen-bond acceptors (Lipinski definition) is 1. The molecule has 0 N–H and O–H groups in total. The molecule has 1 aliphatic rings. The average molecular weight is 267 g/mol. The summed E-state index contributed by atoms with van der Waals surface area (Å²) in [7, 11) is 0. The van der Waals surface area contributed by atoms with Gasteiger partial charge in [0.15, 0.2) is 0 Å². The second-order valence-electron chi connectivity index (χ2n) is 5.68. The van der Waals surface area contributed by atoms with Gasteiger partial charge in [-0.1, -0.05) is 32.8 Å². The van der Waals surface area contributed by atoms with Crippen LogP contribution in [0.5, 0.6) is 0 Å². The second kappa shape index (κ2) is 6.00. The lowest BCUT2D eigenvalue weighted by Crippen LogP contribution is -2.39. The molecule has 1 aromatic carbocycles. The SMILES string of the molecule is CCC1(CC)CCN(Cc2c(F)cccc2F)CC1. The van der Waals surface area contributed by atoms with Crippen LogP contribution < -0.4 is 0 Å². The predicted molar refractivity (Wildman–Crippen MR) is 73.9 cm³/mol. The van der Waals surface area contributed by atoms with Crippen LogP contribution in [0.4, 0.5) is 8.78 Å². The Morgan fingerprint density at radius 2 is 1.58 bits per heavy atom. The van der Waals surface area contributed by atoms with Gasteiger partial charge in [0, 0.05) is 12.1 Å². The van der Waals surface area contributed by atoms with E-state index in [4.69, 9.17) is 0 Å². The van der Waals surface area contributed by atoms with Gasteiger partial charge in [-0.3, -0.25) is 4.90 Å². The highest BCUT2D eigenvalue weighted by Gasteiger charge is 2.31. The van der Waals surface area contributed by atoms with Crippen LogP contribution in [-0.2, 0) is 6.54 Å². The largest absolute Gasteiger partial charge is 0.299 e. The first kappa shape index (κ1) is 14.4. The summed E-state index contributed by atoms with van der Waals surface area (Å²) in [6, 6.07) is 4.10. The zero-order valence-corrected chi connectivity index (χ0v) is 11.9. The molecule has 1 fully saturated rings. The fourth-order valence-electron chi connectivity index (χ4n) is 3.05. The first-order valence-electron chi connectivity index (χ1n) is 7.25. The highest BCUT2D eigenvalue weighted by atomic mass is 19.1. The lowest BCUT2D eigenvalue weighted by molar-refractivity contribution is 0.0894. The lowest BCUT2D eigenvalue weighted by Gasteiger charge is -2.41. The normalized spacial score (nSPS) is 19.6. The molecule has 19 heavy (non-hydrogen) atoms. The standard InChI is InChI=1S/C16H23F2N/c1-3-16(4-2)8-10-19(11-9-16)12-13-14(17)6-5-7-15(13)18/h5-7H,3-4,8-12H2,1-2H3. The molecule has 3 heteroatoms. The maximum atomic E-state index is 13.6. The highest BCUT2D eigenvalue weighted by Crippen LogP contribution is 2.38. The van der Waals surface area contributed by atoms with Crippen LogP contribution in [0.2, 0.25) is 0 Å². The summed E-state index contributed by atoms with van der Waals surface area (Å²) < 4.78 is 27.2. The minimum absolute atomic E-state index is 0.211. The van der Waals surface area contributed by atoms with Crippen molar-refractivity contribution in [3.63, 3.8) is 0 Å². The molecular weight excluding hydrogens is 244 g/mol. The van der Waals surface area contributed by atoms with Crippen LogP contribution >= 0.6 is 0 Å². The molecule has 106 valence electrons. The Labute approximate surface area is 114 Å².